The molecular weight excluding hydrogens is 124 g/mol. The molecule has 0 spiro atoms. The fraction of sp³-hybridized carbons (Fsp3) is 0.556. The molecule has 10 heavy (non-hydrogen) atoms. The molecule has 0 radical (unpaired) electrons. The van der Waals surface area contributed by atoms with Crippen LogP contribution < -0.4 is 0 Å². The van der Waals surface area contributed by atoms with E-state index in [1.165, 1.54) is 0 Å². The normalized spacial score (nSPS) is 6.80. The van der Waals surface area contributed by atoms with Crippen LogP contribution in [0.3, 0.4) is 0 Å². The predicted molar refractivity (Wildman–Crippen MR) is 49.3 cm³/mol. The molecule has 0 aromatic heterocycles. The van der Waals surface area contributed by atoms with Crippen molar-refractivity contribution in [3.63, 3.8) is 0 Å². The fourth-order valence-electron chi connectivity index (χ4n) is 0.333. The maximum Gasteiger partial charge on any atom is 0.0644 e. The predicted octanol–water partition coefficient (Wildman–Crippen LogP) is 3.04. The van der Waals surface area contributed by atoms with Crippen molar-refractivity contribution >= 4 is 0 Å². The fourth-order valence-corrected chi connectivity index (χ4v) is 0.333. The summed E-state index contributed by atoms with van der Waals surface area (Å²) in [6, 6.07) is 0. The van der Waals surface area contributed by atoms with Gasteiger partial charge in [-0.3, -0.25) is 0 Å². The van der Waals surface area contributed by atoms with Crippen LogP contribution in [0.5, 0.6) is 0 Å². The lowest BCUT2D eigenvalue weighted by Gasteiger charge is -1.93. The van der Waals surface area contributed by atoms with Crippen LogP contribution in [0.15, 0.2) is 25.3 Å². The summed E-state index contributed by atoms with van der Waals surface area (Å²) in [7, 11) is 0. The summed E-state index contributed by atoms with van der Waals surface area (Å²) >= 11 is 0. The molecule has 0 fully saturated rings. The summed E-state index contributed by atoms with van der Waals surface area (Å²) in [6.45, 7) is 8.47. The summed E-state index contributed by atoms with van der Waals surface area (Å²) in [5, 5.41) is 0. The Morgan fingerprint density at radius 1 is 1.10 bits per heavy atom. The number of hydrogen-bond acceptors (Lipinski definition) is 1. The number of rotatable bonds is 5. The Morgan fingerprint density at radius 3 is 2.10 bits per heavy atom. The van der Waals surface area contributed by atoms with E-state index in [-0.39, 0.29) is 14.9 Å². The van der Waals surface area contributed by atoms with Crippen LogP contribution in [0.25, 0.3) is 0 Å². The first kappa shape index (κ1) is 16.2. The second-order valence-electron chi connectivity index (χ2n) is 1.44. The monoisotopic (exact) mass is 144 g/mol. The molecule has 0 aliphatic carbocycles. The highest BCUT2D eigenvalue weighted by Gasteiger charge is 1.77. The Morgan fingerprint density at radius 2 is 1.70 bits per heavy atom. The Bertz CT molecular complexity index is 57.1. The van der Waals surface area contributed by atoms with E-state index in [1.807, 2.05) is 6.08 Å². The van der Waals surface area contributed by atoms with Gasteiger partial charge in [-0.05, 0) is 6.42 Å². The van der Waals surface area contributed by atoms with E-state index in [4.69, 9.17) is 4.74 Å². The number of hydrogen-bond donors (Lipinski definition) is 0. The molecule has 0 rings (SSSR count). The molecule has 0 aromatic rings. The minimum absolute atomic E-state index is 0. The van der Waals surface area contributed by atoms with Crippen molar-refractivity contribution in [3.05, 3.63) is 25.3 Å². The van der Waals surface area contributed by atoms with E-state index in [0.29, 0.717) is 6.61 Å². The summed E-state index contributed by atoms with van der Waals surface area (Å²) in [5.74, 6) is 0. The van der Waals surface area contributed by atoms with Crippen LogP contribution in [0.4, 0.5) is 0 Å². The van der Waals surface area contributed by atoms with Gasteiger partial charge in [0.05, 0.1) is 13.2 Å². The smallest absolute Gasteiger partial charge is 0.0644 e. The van der Waals surface area contributed by atoms with E-state index in [0.717, 1.165) is 13.0 Å². The van der Waals surface area contributed by atoms with Gasteiger partial charge < -0.3 is 4.74 Å². The van der Waals surface area contributed by atoms with E-state index >= 15 is 0 Å². The van der Waals surface area contributed by atoms with Crippen LogP contribution in [-0.2, 0) is 4.74 Å². The molecule has 0 aromatic carbocycles. The van der Waals surface area contributed by atoms with Crippen molar-refractivity contribution in [2.24, 2.45) is 0 Å². The third-order valence-electron chi connectivity index (χ3n) is 0.702. The van der Waals surface area contributed by atoms with Crippen molar-refractivity contribution < 1.29 is 4.74 Å². The summed E-state index contributed by atoms with van der Waals surface area (Å²) in [6.07, 6.45) is 4.50. The quantitative estimate of drug-likeness (QED) is 0.425. The molecule has 0 bridgehead atoms. The highest BCUT2D eigenvalue weighted by molar-refractivity contribution is 4.67. The SMILES string of the molecule is C.C.C=CCCOCC=C. The summed E-state index contributed by atoms with van der Waals surface area (Å²) in [5.41, 5.74) is 0. The molecule has 0 amide bonds. The van der Waals surface area contributed by atoms with Gasteiger partial charge in [0.15, 0.2) is 0 Å². The lowest BCUT2D eigenvalue weighted by molar-refractivity contribution is 0.168. The van der Waals surface area contributed by atoms with Crippen molar-refractivity contribution in [1.82, 2.24) is 0 Å². The molecule has 0 aliphatic heterocycles. The van der Waals surface area contributed by atoms with Crippen LogP contribution in [0.2, 0.25) is 0 Å². The Balaban J connectivity index is -0.000000245. The zero-order valence-corrected chi connectivity index (χ0v) is 5.10. The van der Waals surface area contributed by atoms with Crippen LogP contribution in [-0.4, -0.2) is 13.2 Å². The average Bonchev–Trinajstić information content (AvgIpc) is 1.81. The summed E-state index contributed by atoms with van der Waals surface area (Å²) < 4.78 is 5.03. The molecule has 0 saturated heterocycles. The van der Waals surface area contributed by atoms with Crippen molar-refractivity contribution in [1.29, 1.82) is 0 Å². The zero-order chi connectivity index (χ0) is 6.24. The number of ether oxygens (including phenoxy) is 1. The molecule has 0 atom stereocenters. The molecule has 1 heteroatoms. The molecule has 0 aliphatic rings. The van der Waals surface area contributed by atoms with Crippen LogP contribution in [0, 0.1) is 0 Å². The highest BCUT2D eigenvalue weighted by atomic mass is 16.5. The molecule has 0 heterocycles. The van der Waals surface area contributed by atoms with Gasteiger partial charge in [0.1, 0.15) is 0 Å². The molecule has 0 saturated carbocycles. The van der Waals surface area contributed by atoms with E-state index in [9.17, 15) is 0 Å². The van der Waals surface area contributed by atoms with Gasteiger partial charge in [-0.15, -0.1) is 13.2 Å². The van der Waals surface area contributed by atoms with Crippen molar-refractivity contribution in [2.75, 3.05) is 13.2 Å². The minimum Gasteiger partial charge on any atom is -0.377 e. The molecule has 0 N–H and O–H groups in total. The van der Waals surface area contributed by atoms with Crippen molar-refractivity contribution in [3.8, 4) is 0 Å². The van der Waals surface area contributed by atoms with E-state index in [2.05, 4.69) is 13.2 Å². The zero-order valence-electron chi connectivity index (χ0n) is 5.10. The van der Waals surface area contributed by atoms with E-state index in [1.54, 1.807) is 6.08 Å². The lowest BCUT2D eigenvalue weighted by Crippen LogP contribution is -1.90. The third-order valence-corrected chi connectivity index (χ3v) is 0.702. The largest absolute Gasteiger partial charge is 0.377 e. The van der Waals surface area contributed by atoms with Crippen molar-refractivity contribution in [2.45, 2.75) is 21.3 Å². The standard InChI is InChI=1S/C7H12O.2CH4/c1-3-5-7-8-6-4-2;;/h3-4H,1-2,5-7H2;2*1H4. The van der Waals surface area contributed by atoms with Gasteiger partial charge in [-0.2, -0.15) is 0 Å². The molecular formula is C9H20O. The Labute approximate surface area is 65.4 Å². The maximum absolute atomic E-state index is 5.03. The maximum atomic E-state index is 5.03. The van der Waals surface area contributed by atoms with Crippen LogP contribution >= 0.6 is 0 Å². The Kier molecular flexibility index (Phi) is 25.6. The third kappa shape index (κ3) is 15.7. The van der Waals surface area contributed by atoms with E-state index < -0.39 is 0 Å². The molecule has 1 nitrogen and oxygen atoms in total. The van der Waals surface area contributed by atoms with Gasteiger partial charge in [-0.25, -0.2) is 0 Å². The first-order chi connectivity index (χ1) is 3.91. The minimum atomic E-state index is 0. The summed E-state index contributed by atoms with van der Waals surface area (Å²) in [4.78, 5) is 0. The van der Waals surface area contributed by atoms with Gasteiger partial charge in [0.25, 0.3) is 0 Å². The Hall–Kier alpha value is -0.560. The van der Waals surface area contributed by atoms with Gasteiger partial charge in [-0.1, -0.05) is 27.0 Å². The van der Waals surface area contributed by atoms with Gasteiger partial charge >= 0.3 is 0 Å². The lowest BCUT2D eigenvalue weighted by atomic mass is 10.5. The topological polar surface area (TPSA) is 9.23 Å². The highest BCUT2D eigenvalue weighted by Crippen LogP contribution is 1.81. The first-order valence-corrected chi connectivity index (χ1v) is 2.71. The first-order valence-electron chi connectivity index (χ1n) is 2.71. The second kappa shape index (κ2) is 15.8. The van der Waals surface area contributed by atoms with Gasteiger partial charge in [0, 0.05) is 0 Å². The second-order valence-corrected chi connectivity index (χ2v) is 1.44. The molecule has 62 valence electrons. The van der Waals surface area contributed by atoms with Crippen LogP contribution in [0.1, 0.15) is 21.3 Å². The van der Waals surface area contributed by atoms with Gasteiger partial charge in [0.2, 0.25) is 0 Å². The molecule has 0 unspecified atom stereocenters. The average molecular weight is 144 g/mol.